The summed E-state index contributed by atoms with van der Waals surface area (Å²) in [5, 5.41) is 12.7. The Bertz CT molecular complexity index is 918. The van der Waals surface area contributed by atoms with E-state index in [1.807, 2.05) is 30.5 Å². The minimum atomic E-state index is -0.527. The number of imidazole rings is 1. The van der Waals surface area contributed by atoms with Crippen molar-refractivity contribution in [2.45, 2.75) is 45.4 Å². The van der Waals surface area contributed by atoms with Gasteiger partial charge in [0.1, 0.15) is 23.8 Å². The minimum absolute atomic E-state index is 0.202. The highest BCUT2D eigenvalue weighted by atomic mass is 16.5. The number of pyridine rings is 1. The molecule has 0 amide bonds. The van der Waals surface area contributed by atoms with Crippen LogP contribution < -0.4 is 4.74 Å². The molecule has 6 heteroatoms. The standard InChI is InChI=1S/C21H26N4O2/c1-3-21-23-14(2)17(24-21)12-25-10-8-20(18(26)13-25)27-19-6-4-5-15-11-22-9-7-16(15)19/h4-7,9,11,18,20,26H,3,8,10,12-13H2,1-2H3,(H,23,24)/t18-,20-/m1/s1. The van der Waals surface area contributed by atoms with Gasteiger partial charge in [-0.25, -0.2) is 4.98 Å². The highest BCUT2D eigenvalue weighted by Crippen LogP contribution is 2.28. The van der Waals surface area contributed by atoms with Gasteiger partial charge in [-0.1, -0.05) is 19.1 Å². The van der Waals surface area contributed by atoms with E-state index in [1.54, 1.807) is 6.20 Å². The summed E-state index contributed by atoms with van der Waals surface area (Å²) in [5.41, 5.74) is 2.18. The Hall–Kier alpha value is -2.44. The number of benzene rings is 1. The third-order valence-corrected chi connectivity index (χ3v) is 5.27. The quantitative estimate of drug-likeness (QED) is 0.726. The Balaban J connectivity index is 1.42. The summed E-state index contributed by atoms with van der Waals surface area (Å²) in [6, 6.07) is 7.90. The molecule has 2 atom stereocenters. The number of aliphatic hydroxyl groups is 1. The van der Waals surface area contributed by atoms with E-state index >= 15 is 0 Å². The predicted molar refractivity (Wildman–Crippen MR) is 105 cm³/mol. The van der Waals surface area contributed by atoms with E-state index < -0.39 is 6.10 Å². The molecule has 0 unspecified atom stereocenters. The van der Waals surface area contributed by atoms with Crippen LogP contribution in [0.4, 0.5) is 0 Å². The average molecular weight is 366 g/mol. The molecule has 1 aromatic carbocycles. The molecule has 0 bridgehead atoms. The number of aliphatic hydroxyl groups excluding tert-OH is 1. The van der Waals surface area contributed by atoms with Crippen LogP contribution in [0.2, 0.25) is 0 Å². The van der Waals surface area contributed by atoms with Crippen molar-refractivity contribution < 1.29 is 9.84 Å². The molecule has 0 saturated carbocycles. The number of β-amino-alcohol motifs (C(OH)–C–C–N with tert-alkyl or cyclic N) is 1. The fraction of sp³-hybridized carbons (Fsp3) is 0.429. The van der Waals surface area contributed by atoms with E-state index in [-0.39, 0.29) is 6.10 Å². The Kier molecular flexibility index (Phi) is 5.09. The summed E-state index contributed by atoms with van der Waals surface area (Å²) in [4.78, 5) is 14.4. The number of H-pyrrole nitrogens is 1. The second-order valence-electron chi connectivity index (χ2n) is 7.21. The fourth-order valence-corrected chi connectivity index (χ4v) is 3.71. The summed E-state index contributed by atoms with van der Waals surface area (Å²) in [6.07, 6.45) is 4.56. The number of fused-ring (bicyclic) bond motifs is 1. The van der Waals surface area contributed by atoms with E-state index in [0.29, 0.717) is 6.54 Å². The van der Waals surface area contributed by atoms with Gasteiger partial charge in [0, 0.05) is 54.9 Å². The highest BCUT2D eigenvalue weighted by molar-refractivity contribution is 5.87. The van der Waals surface area contributed by atoms with Crippen molar-refractivity contribution in [3.63, 3.8) is 0 Å². The number of aromatic amines is 1. The average Bonchev–Trinajstić information content (AvgIpc) is 3.04. The van der Waals surface area contributed by atoms with Gasteiger partial charge < -0.3 is 14.8 Å². The molecule has 0 aliphatic carbocycles. The lowest BCUT2D eigenvalue weighted by atomic mass is 10.0. The topological polar surface area (TPSA) is 74.3 Å². The molecule has 2 aromatic heterocycles. The summed E-state index contributed by atoms with van der Waals surface area (Å²) in [6.45, 7) is 6.37. The van der Waals surface area contributed by atoms with Crippen LogP contribution in [0.5, 0.6) is 5.75 Å². The second kappa shape index (κ2) is 7.66. The first-order chi connectivity index (χ1) is 13.1. The molecule has 6 nitrogen and oxygen atoms in total. The Morgan fingerprint density at radius 2 is 2.22 bits per heavy atom. The molecular formula is C21H26N4O2. The van der Waals surface area contributed by atoms with Crippen molar-refractivity contribution in [1.82, 2.24) is 19.9 Å². The number of aromatic nitrogens is 3. The molecule has 1 aliphatic rings. The van der Waals surface area contributed by atoms with E-state index in [2.05, 4.69) is 33.7 Å². The predicted octanol–water partition coefficient (Wildman–Crippen LogP) is 2.84. The fourth-order valence-electron chi connectivity index (χ4n) is 3.71. The van der Waals surface area contributed by atoms with E-state index in [1.165, 1.54) is 0 Å². The molecule has 142 valence electrons. The zero-order chi connectivity index (χ0) is 18.8. The van der Waals surface area contributed by atoms with Gasteiger partial charge in [-0.2, -0.15) is 0 Å². The number of hydrogen-bond acceptors (Lipinski definition) is 5. The van der Waals surface area contributed by atoms with Crippen molar-refractivity contribution in [3.05, 3.63) is 53.9 Å². The van der Waals surface area contributed by atoms with E-state index in [9.17, 15) is 5.11 Å². The van der Waals surface area contributed by atoms with E-state index in [0.717, 1.165) is 59.7 Å². The molecule has 1 fully saturated rings. The van der Waals surface area contributed by atoms with Crippen molar-refractivity contribution >= 4 is 10.8 Å². The van der Waals surface area contributed by atoms with Crippen LogP contribution in [-0.2, 0) is 13.0 Å². The van der Waals surface area contributed by atoms with Crippen LogP contribution in [0.1, 0.15) is 30.6 Å². The van der Waals surface area contributed by atoms with Crippen LogP contribution in [0.25, 0.3) is 10.8 Å². The number of nitrogens with one attached hydrogen (secondary N) is 1. The maximum absolute atomic E-state index is 10.7. The first kappa shape index (κ1) is 17.9. The third-order valence-electron chi connectivity index (χ3n) is 5.27. The van der Waals surface area contributed by atoms with Crippen molar-refractivity contribution in [3.8, 4) is 5.75 Å². The molecule has 27 heavy (non-hydrogen) atoms. The first-order valence-electron chi connectivity index (χ1n) is 9.58. The SMILES string of the molecule is CCc1nc(CN2CC[C@@H](Oc3cccc4cnccc34)[C@H](O)C2)c(C)[nH]1. The molecule has 3 heterocycles. The van der Waals surface area contributed by atoms with Gasteiger partial charge >= 0.3 is 0 Å². The zero-order valence-corrected chi connectivity index (χ0v) is 15.9. The molecule has 1 aliphatic heterocycles. The Labute approximate surface area is 159 Å². The van der Waals surface area contributed by atoms with Gasteiger partial charge in [0.05, 0.1) is 5.69 Å². The lowest BCUT2D eigenvalue weighted by Gasteiger charge is -2.35. The van der Waals surface area contributed by atoms with Gasteiger partial charge in [-0.15, -0.1) is 0 Å². The Morgan fingerprint density at radius 3 is 3.00 bits per heavy atom. The number of nitrogens with zero attached hydrogens (tertiary/aromatic N) is 3. The maximum Gasteiger partial charge on any atom is 0.127 e. The van der Waals surface area contributed by atoms with E-state index in [4.69, 9.17) is 4.74 Å². The summed E-state index contributed by atoms with van der Waals surface area (Å²) in [7, 11) is 0. The summed E-state index contributed by atoms with van der Waals surface area (Å²) < 4.78 is 6.20. The summed E-state index contributed by atoms with van der Waals surface area (Å²) in [5.74, 6) is 1.83. The van der Waals surface area contributed by atoms with Crippen LogP contribution in [0.3, 0.4) is 0 Å². The highest BCUT2D eigenvalue weighted by Gasteiger charge is 2.30. The molecule has 2 N–H and O–H groups in total. The van der Waals surface area contributed by atoms with Gasteiger partial charge in [0.2, 0.25) is 0 Å². The molecule has 3 aromatic rings. The van der Waals surface area contributed by atoms with Gasteiger partial charge in [-0.3, -0.25) is 9.88 Å². The molecule has 0 spiro atoms. The van der Waals surface area contributed by atoms with Crippen LogP contribution in [0.15, 0.2) is 36.7 Å². The van der Waals surface area contributed by atoms with Crippen LogP contribution >= 0.6 is 0 Å². The number of likely N-dealkylation sites (tertiary alicyclic amines) is 1. The molecule has 4 rings (SSSR count). The number of hydrogen-bond donors (Lipinski definition) is 2. The van der Waals surface area contributed by atoms with Crippen molar-refractivity contribution in [2.75, 3.05) is 13.1 Å². The third kappa shape index (κ3) is 3.82. The zero-order valence-electron chi connectivity index (χ0n) is 15.9. The summed E-state index contributed by atoms with van der Waals surface area (Å²) >= 11 is 0. The molecule has 0 radical (unpaired) electrons. The number of piperidine rings is 1. The smallest absolute Gasteiger partial charge is 0.127 e. The lowest BCUT2D eigenvalue weighted by Crippen LogP contribution is -2.48. The number of rotatable bonds is 5. The normalized spacial score (nSPS) is 20.9. The van der Waals surface area contributed by atoms with Gasteiger partial charge in [-0.05, 0) is 25.5 Å². The number of aryl methyl sites for hydroxylation is 2. The maximum atomic E-state index is 10.7. The number of ether oxygens (including phenoxy) is 1. The van der Waals surface area contributed by atoms with Crippen LogP contribution in [-0.4, -0.2) is 50.3 Å². The van der Waals surface area contributed by atoms with Gasteiger partial charge in [0.25, 0.3) is 0 Å². The lowest BCUT2D eigenvalue weighted by molar-refractivity contribution is -0.0272. The largest absolute Gasteiger partial charge is 0.487 e. The van der Waals surface area contributed by atoms with Gasteiger partial charge in [0.15, 0.2) is 0 Å². The van der Waals surface area contributed by atoms with Crippen molar-refractivity contribution in [2.24, 2.45) is 0 Å². The Morgan fingerprint density at radius 1 is 1.33 bits per heavy atom. The molecule has 1 saturated heterocycles. The molecular weight excluding hydrogens is 340 g/mol. The van der Waals surface area contributed by atoms with Crippen LogP contribution in [0, 0.1) is 6.92 Å². The first-order valence-corrected chi connectivity index (χ1v) is 9.58. The monoisotopic (exact) mass is 366 g/mol. The second-order valence-corrected chi connectivity index (χ2v) is 7.21. The van der Waals surface area contributed by atoms with Crippen molar-refractivity contribution in [1.29, 1.82) is 0 Å². The minimum Gasteiger partial charge on any atom is -0.487 e.